The Kier molecular flexibility index (Phi) is 7.10. The van der Waals surface area contributed by atoms with Gasteiger partial charge in [-0.2, -0.15) is 5.10 Å². The summed E-state index contributed by atoms with van der Waals surface area (Å²) >= 11 is 0. The summed E-state index contributed by atoms with van der Waals surface area (Å²) in [4.78, 5) is 33.1. The van der Waals surface area contributed by atoms with E-state index in [0.717, 1.165) is 56.1 Å². The van der Waals surface area contributed by atoms with Gasteiger partial charge in [0.2, 0.25) is 5.91 Å². The van der Waals surface area contributed by atoms with E-state index in [1.807, 2.05) is 46.3 Å². The summed E-state index contributed by atoms with van der Waals surface area (Å²) in [6.45, 7) is 6.17. The zero-order valence-electron chi connectivity index (χ0n) is 22.4. The van der Waals surface area contributed by atoms with Crippen molar-refractivity contribution in [2.45, 2.75) is 25.8 Å². The van der Waals surface area contributed by atoms with E-state index in [1.165, 1.54) is 5.56 Å². The Bertz CT molecular complexity index is 1310. The number of carbonyl (C=O) groups is 2. The molecule has 9 heteroatoms. The molecule has 204 valence electrons. The lowest BCUT2D eigenvalue weighted by Gasteiger charge is -2.38. The van der Waals surface area contributed by atoms with Crippen molar-refractivity contribution < 1.29 is 19.1 Å². The number of hydrogen-bond donors (Lipinski definition) is 1. The molecule has 0 atom stereocenters. The number of aromatic amines is 1. The molecule has 0 saturated carbocycles. The van der Waals surface area contributed by atoms with Crippen LogP contribution in [0.25, 0.3) is 11.1 Å². The summed E-state index contributed by atoms with van der Waals surface area (Å²) in [6.07, 6.45) is 5.75. The highest BCUT2D eigenvalue weighted by Crippen LogP contribution is 2.44. The Morgan fingerprint density at radius 2 is 1.77 bits per heavy atom. The second kappa shape index (κ2) is 10.8. The van der Waals surface area contributed by atoms with E-state index >= 15 is 0 Å². The van der Waals surface area contributed by atoms with Gasteiger partial charge in [0.05, 0.1) is 31.9 Å². The van der Waals surface area contributed by atoms with Crippen LogP contribution < -0.4 is 9.64 Å². The number of ether oxygens (including phenoxy) is 2. The SMILES string of the molecule is COc1cc(N2CCC3(CCN(C(=O)c4ccc(CN5CCOCC5)cc4)CC3)C2=O)ccc1-c1cn[nH]c1. The van der Waals surface area contributed by atoms with Crippen molar-refractivity contribution in [2.24, 2.45) is 5.41 Å². The van der Waals surface area contributed by atoms with Gasteiger partial charge in [-0.05, 0) is 49.1 Å². The van der Waals surface area contributed by atoms with Crippen LogP contribution in [0.1, 0.15) is 35.2 Å². The molecular formula is C30H35N5O4. The number of hydrogen-bond acceptors (Lipinski definition) is 6. The Morgan fingerprint density at radius 3 is 2.46 bits per heavy atom. The zero-order valence-corrected chi connectivity index (χ0v) is 22.4. The molecule has 4 heterocycles. The number of aromatic nitrogens is 2. The van der Waals surface area contributed by atoms with Crippen LogP contribution in [-0.4, -0.2) is 84.9 Å². The van der Waals surface area contributed by atoms with Gasteiger partial charge in [-0.25, -0.2) is 0 Å². The van der Waals surface area contributed by atoms with Crippen molar-refractivity contribution >= 4 is 17.5 Å². The fraction of sp³-hybridized carbons (Fsp3) is 0.433. The molecule has 2 amide bonds. The maximum Gasteiger partial charge on any atom is 0.253 e. The number of amides is 2. The number of H-pyrrole nitrogens is 1. The molecule has 0 bridgehead atoms. The third kappa shape index (κ3) is 5.04. The first-order valence-corrected chi connectivity index (χ1v) is 13.7. The van der Waals surface area contributed by atoms with E-state index in [4.69, 9.17) is 9.47 Å². The average Bonchev–Trinajstić information content (AvgIpc) is 3.63. The minimum absolute atomic E-state index is 0.0460. The highest BCUT2D eigenvalue weighted by molar-refractivity contribution is 6.01. The second-order valence-corrected chi connectivity index (χ2v) is 10.7. The molecule has 3 aromatic rings. The number of anilines is 1. The predicted molar refractivity (Wildman–Crippen MR) is 148 cm³/mol. The summed E-state index contributed by atoms with van der Waals surface area (Å²) in [6, 6.07) is 13.9. The van der Waals surface area contributed by atoms with Gasteiger partial charge in [-0.1, -0.05) is 12.1 Å². The summed E-state index contributed by atoms with van der Waals surface area (Å²) in [5.41, 5.74) is 4.22. The highest BCUT2D eigenvalue weighted by atomic mass is 16.5. The molecule has 1 N–H and O–H groups in total. The van der Waals surface area contributed by atoms with E-state index in [9.17, 15) is 9.59 Å². The fourth-order valence-corrected chi connectivity index (χ4v) is 6.11. The Hall–Kier alpha value is -3.69. The first kappa shape index (κ1) is 25.6. The van der Waals surface area contributed by atoms with Crippen molar-refractivity contribution in [3.8, 4) is 16.9 Å². The lowest BCUT2D eigenvalue weighted by atomic mass is 9.77. The number of morpholine rings is 1. The van der Waals surface area contributed by atoms with E-state index in [2.05, 4.69) is 27.2 Å². The molecule has 6 rings (SSSR count). The van der Waals surface area contributed by atoms with Crippen molar-refractivity contribution in [3.05, 3.63) is 66.0 Å². The van der Waals surface area contributed by atoms with E-state index in [0.29, 0.717) is 43.8 Å². The molecule has 3 fully saturated rings. The summed E-state index contributed by atoms with van der Waals surface area (Å²) < 4.78 is 11.1. The summed E-state index contributed by atoms with van der Waals surface area (Å²) in [5, 5.41) is 6.86. The van der Waals surface area contributed by atoms with Gasteiger partial charge in [-0.15, -0.1) is 0 Å². The van der Waals surface area contributed by atoms with E-state index < -0.39 is 5.41 Å². The van der Waals surface area contributed by atoms with Gasteiger partial charge in [0.25, 0.3) is 5.91 Å². The number of carbonyl (C=O) groups excluding carboxylic acids is 2. The third-order valence-corrected chi connectivity index (χ3v) is 8.54. The molecule has 3 aliphatic heterocycles. The standard InChI is InChI=1S/C30H35N5O4/c1-38-27-18-25(6-7-26(27)24-19-31-32-20-24)35-13-10-30(29(35)37)8-11-34(12-9-30)28(36)23-4-2-22(3-5-23)21-33-14-16-39-17-15-33/h2-7,18-20H,8-17,21H2,1H3,(H,31,32). The quantitative estimate of drug-likeness (QED) is 0.525. The number of piperidine rings is 1. The van der Waals surface area contributed by atoms with Crippen molar-refractivity contribution in [1.82, 2.24) is 20.0 Å². The molecule has 0 radical (unpaired) electrons. The Morgan fingerprint density at radius 1 is 1.03 bits per heavy atom. The molecule has 1 spiro atoms. The maximum atomic E-state index is 13.7. The lowest BCUT2D eigenvalue weighted by molar-refractivity contribution is -0.127. The highest BCUT2D eigenvalue weighted by Gasteiger charge is 2.49. The summed E-state index contributed by atoms with van der Waals surface area (Å²) in [7, 11) is 1.64. The lowest BCUT2D eigenvalue weighted by Crippen LogP contribution is -2.46. The normalized spacial score (nSPS) is 19.6. The number of nitrogens with one attached hydrogen (secondary N) is 1. The predicted octanol–water partition coefficient (Wildman–Crippen LogP) is 3.58. The number of nitrogens with zero attached hydrogens (tertiary/aromatic N) is 4. The van der Waals surface area contributed by atoms with Crippen molar-refractivity contribution in [1.29, 1.82) is 0 Å². The Balaban J connectivity index is 1.08. The van der Waals surface area contributed by atoms with E-state index in [-0.39, 0.29) is 11.8 Å². The largest absolute Gasteiger partial charge is 0.496 e. The smallest absolute Gasteiger partial charge is 0.253 e. The molecule has 3 saturated heterocycles. The van der Waals surface area contributed by atoms with Gasteiger partial charge in [0, 0.05) is 73.9 Å². The molecule has 9 nitrogen and oxygen atoms in total. The molecule has 1 aromatic heterocycles. The van der Waals surface area contributed by atoms with Crippen LogP contribution >= 0.6 is 0 Å². The number of likely N-dealkylation sites (tertiary alicyclic amines) is 1. The Labute approximate surface area is 228 Å². The third-order valence-electron chi connectivity index (χ3n) is 8.54. The van der Waals surface area contributed by atoms with Crippen LogP contribution in [0.3, 0.4) is 0 Å². The van der Waals surface area contributed by atoms with Crippen LogP contribution in [0.5, 0.6) is 5.75 Å². The minimum Gasteiger partial charge on any atom is -0.496 e. The van der Waals surface area contributed by atoms with Crippen LogP contribution in [0.2, 0.25) is 0 Å². The molecule has 0 aliphatic carbocycles. The first-order valence-electron chi connectivity index (χ1n) is 13.7. The van der Waals surface area contributed by atoms with E-state index in [1.54, 1.807) is 13.3 Å². The molecular weight excluding hydrogens is 494 g/mol. The van der Waals surface area contributed by atoms with Crippen molar-refractivity contribution in [2.75, 3.05) is 57.9 Å². The van der Waals surface area contributed by atoms with Gasteiger partial charge >= 0.3 is 0 Å². The van der Waals surface area contributed by atoms with Gasteiger partial charge in [0.1, 0.15) is 5.75 Å². The van der Waals surface area contributed by atoms with Crippen LogP contribution in [-0.2, 0) is 16.1 Å². The molecule has 39 heavy (non-hydrogen) atoms. The average molecular weight is 530 g/mol. The van der Waals surface area contributed by atoms with Gasteiger partial charge < -0.3 is 19.3 Å². The monoisotopic (exact) mass is 529 g/mol. The van der Waals surface area contributed by atoms with Crippen LogP contribution in [0, 0.1) is 5.41 Å². The maximum absolute atomic E-state index is 13.7. The van der Waals surface area contributed by atoms with Gasteiger partial charge in [-0.3, -0.25) is 19.6 Å². The first-order chi connectivity index (χ1) is 19.1. The number of methoxy groups -OCH3 is 1. The topological polar surface area (TPSA) is 91.0 Å². The number of rotatable bonds is 6. The van der Waals surface area contributed by atoms with Crippen LogP contribution in [0.15, 0.2) is 54.9 Å². The second-order valence-electron chi connectivity index (χ2n) is 10.7. The van der Waals surface area contributed by atoms with Crippen molar-refractivity contribution in [3.63, 3.8) is 0 Å². The molecule has 3 aliphatic rings. The molecule has 0 unspecified atom stereocenters. The molecule has 2 aromatic carbocycles. The van der Waals surface area contributed by atoms with Gasteiger partial charge in [0.15, 0.2) is 0 Å². The minimum atomic E-state index is -0.407. The summed E-state index contributed by atoms with van der Waals surface area (Å²) in [5.74, 6) is 0.906. The van der Waals surface area contributed by atoms with Crippen LogP contribution in [0.4, 0.5) is 5.69 Å². The number of benzene rings is 2. The fourth-order valence-electron chi connectivity index (χ4n) is 6.11. The zero-order chi connectivity index (χ0) is 26.8.